The van der Waals surface area contributed by atoms with Crippen LogP contribution in [0.4, 0.5) is 5.69 Å². The zero-order chi connectivity index (χ0) is 22.1. The van der Waals surface area contributed by atoms with Crippen LogP contribution in [0.25, 0.3) is 0 Å². The Labute approximate surface area is 200 Å². The maximum absolute atomic E-state index is 10.6. The molecular formula is C24H18ClN3O2S2. The van der Waals surface area contributed by atoms with Crippen LogP contribution in [0.15, 0.2) is 99.5 Å². The van der Waals surface area contributed by atoms with Crippen LogP contribution in [0.2, 0.25) is 5.02 Å². The van der Waals surface area contributed by atoms with Crippen molar-refractivity contribution in [2.24, 2.45) is 0 Å². The van der Waals surface area contributed by atoms with E-state index in [4.69, 9.17) is 28.2 Å². The van der Waals surface area contributed by atoms with Gasteiger partial charge in [0.1, 0.15) is 17.6 Å². The summed E-state index contributed by atoms with van der Waals surface area (Å²) in [5.41, 5.74) is 1.32. The van der Waals surface area contributed by atoms with Crippen LogP contribution in [0.1, 0.15) is 23.5 Å². The molecule has 32 heavy (non-hydrogen) atoms. The van der Waals surface area contributed by atoms with Crippen LogP contribution < -0.4 is 10.2 Å². The van der Waals surface area contributed by atoms with Gasteiger partial charge in [-0.15, -0.1) is 0 Å². The molecule has 2 aromatic carbocycles. The van der Waals surface area contributed by atoms with E-state index in [1.807, 2.05) is 65.6 Å². The van der Waals surface area contributed by atoms with Crippen molar-refractivity contribution in [3.8, 4) is 5.75 Å². The van der Waals surface area contributed by atoms with Gasteiger partial charge in [0, 0.05) is 16.1 Å². The third-order valence-corrected chi connectivity index (χ3v) is 6.63. The summed E-state index contributed by atoms with van der Waals surface area (Å²) in [6.07, 6.45) is 1.75. The van der Waals surface area contributed by atoms with Crippen LogP contribution >= 0.6 is 35.6 Å². The lowest BCUT2D eigenvalue weighted by atomic mass is 10.0. The highest BCUT2D eigenvalue weighted by atomic mass is 35.5. The predicted molar refractivity (Wildman–Crippen MR) is 130 cm³/mol. The molecule has 2 atom stereocenters. The summed E-state index contributed by atoms with van der Waals surface area (Å²) in [6, 6.07) is 23.9. The number of pyridine rings is 1. The summed E-state index contributed by atoms with van der Waals surface area (Å²) in [7, 11) is 0. The second-order valence-corrected chi connectivity index (χ2v) is 9.10. The number of furan rings is 1. The Balaban J connectivity index is 1.57. The molecule has 4 aromatic rings. The highest BCUT2D eigenvalue weighted by molar-refractivity contribution is 7.99. The Morgan fingerprint density at radius 1 is 1.03 bits per heavy atom. The molecule has 0 unspecified atom stereocenters. The van der Waals surface area contributed by atoms with E-state index in [2.05, 4.69) is 10.3 Å². The van der Waals surface area contributed by atoms with E-state index in [0.717, 1.165) is 15.7 Å². The molecule has 1 saturated heterocycles. The third kappa shape index (κ3) is 4.07. The van der Waals surface area contributed by atoms with Gasteiger partial charge in [-0.3, -0.25) is 4.98 Å². The first-order valence-electron chi connectivity index (χ1n) is 9.92. The van der Waals surface area contributed by atoms with Gasteiger partial charge in [-0.25, -0.2) is 0 Å². The van der Waals surface area contributed by atoms with Gasteiger partial charge >= 0.3 is 0 Å². The number of phenols is 1. The van der Waals surface area contributed by atoms with Crippen molar-refractivity contribution in [3.63, 3.8) is 0 Å². The molecule has 8 heteroatoms. The molecule has 0 aliphatic carbocycles. The van der Waals surface area contributed by atoms with Crippen LogP contribution in [0, 0.1) is 0 Å². The molecule has 1 fully saturated rings. The Morgan fingerprint density at radius 2 is 1.84 bits per heavy atom. The van der Waals surface area contributed by atoms with E-state index in [-0.39, 0.29) is 17.8 Å². The third-order valence-electron chi connectivity index (χ3n) is 5.15. The Kier molecular flexibility index (Phi) is 5.78. The van der Waals surface area contributed by atoms with E-state index >= 15 is 0 Å². The van der Waals surface area contributed by atoms with Gasteiger partial charge in [0.15, 0.2) is 10.2 Å². The minimum Gasteiger partial charge on any atom is -0.506 e. The molecule has 1 aliphatic heterocycles. The van der Waals surface area contributed by atoms with Crippen molar-refractivity contribution < 1.29 is 9.52 Å². The van der Waals surface area contributed by atoms with Crippen molar-refractivity contribution in [1.82, 2.24) is 10.3 Å². The number of nitrogens with one attached hydrogen (secondary N) is 1. The summed E-state index contributed by atoms with van der Waals surface area (Å²) < 4.78 is 6.27. The summed E-state index contributed by atoms with van der Waals surface area (Å²) in [5, 5.41) is 15.7. The summed E-state index contributed by atoms with van der Waals surface area (Å²) in [5.74, 6) is 0.779. The van der Waals surface area contributed by atoms with Crippen molar-refractivity contribution in [3.05, 3.63) is 102 Å². The molecule has 5 rings (SSSR count). The number of thiocarbonyl (C=S) groups is 1. The molecule has 0 spiro atoms. The van der Waals surface area contributed by atoms with Gasteiger partial charge in [-0.2, -0.15) is 0 Å². The van der Waals surface area contributed by atoms with Gasteiger partial charge in [0.05, 0.1) is 17.4 Å². The number of halogens is 1. The second-order valence-electron chi connectivity index (χ2n) is 7.20. The average molecular weight is 480 g/mol. The average Bonchev–Trinajstić information content (AvgIpc) is 3.40. The van der Waals surface area contributed by atoms with Crippen LogP contribution in [0.5, 0.6) is 5.75 Å². The summed E-state index contributed by atoms with van der Waals surface area (Å²) in [6.45, 7) is 0. The molecule has 0 radical (unpaired) electrons. The first-order chi connectivity index (χ1) is 15.6. The van der Waals surface area contributed by atoms with Crippen molar-refractivity contribution in [2.75, 3.05) is 4.90 Å². The molecule has 160 valence electrons. The fourth-order valence-electron chi connectivity index (χ4n) is 3.75. The number of rotatable bonds is 5. The van der Waals surface area contributed by atoms with Gasteiger partial charge in [-0.1, -0.05) is 47.6 Å². The predicted octanol–water partition coefficient (Wildman–Crippen LogP) is 6.36. The highest BCUT2D eigenvalue weighted by Gasteiger charge is 2.43. The number of benzene rings is 2. The fourth-order valence-corrected chi connectivity index (χ4v) is 5.05. The molecule has 0 bridgehead atoms. The molecule has 1 aliphatic rings. The van der Waals surface area contributed by atoms with E-state index < -0.39 is 0 Å². The number of aromatic hydroxyl groups is 1. The Morgan fingerprint density at radius 3 is 2.62 bits per heavy atom. The zero-order valence-corrected chi connectivity index (χ0v) is 19.1. The quantitative estimate of drug-likeness (QED) is 0.323. The summed E-state index contributed by atoms with van der Waals surface area (Å²) in [4.78, 5) is 7.45. The molecule has 2 N–H and O–H groups in total. The van der Waals surface area contributed by atoms with Crippen molar-refractivity contribution >= 4 is 46.4 Å². The normalized spacial score (nSPS) is 18.0. The molecule has 5 nitrogen and oxygen atoms in total. The van der Waals surface area contributed by atoms with E-state index in [1.165, 1.54) is 0 Å². The zero-order valence-electron chi connectivity index (χ0n) is 16.7. The minimum atomic E-state index is -0.369. The number of aromatic nitrogens is 1. The molecule has 0 saturated carbocycles. The first-order valence-corrected chi connectivity index (χ1v) is 11.5. The summed E-state index contributed by atoms with van der Waals surface area (Å²) >= 11 is 13.5. The number of phenolic OH excluding ortho intramolecular Hbond substituents is 1. The van der Waals surface area contributed by atoms with Gasteiger partial charge < -0.3 is 19.7 Å². The van der Waals surface area contributed by atoms with E-state index in [1.54, 1.807) is 36.2 Å². The van der Waals surface area contributed by atoms with E-state index in [9.17, 15) is 5.11 Å². The topological polar surface area (TPSA) is 61.5 Å². The number of hydrogen-bond acceptors (Lipinski definition) is 5. The highest BCUT2D eigenvalue weighted by Crippen LogP contribution is 2.46. The van der Waals surface area contributed by atoms with Crippen molar-refractivity contribution in [1.29, 1.82) is 0 Å². The largest absolute Gasteiger partial charge is 0.506 e. The number of anilines is 1. The number of nitrogens with zero attached hydrogens (tertiary/aromatic N) is 2. The smallest absolute Gasteiger partial charge is 0.174 e. The van der Waals surface area contributed by atoms with Crippen LogP contribution in [-0.2, 0) is 0 Å². The SMILES string of the molecule is Oc1ccc(Cl)cc1N1C(=S)N[C@@H](c2ccccn2)[C@@H]1c1ccc(Sc2ccccc2)o1. The molecule has 3 heterocycles. The standard InChI is InChI=1S/C24H18ClN3O2S2/c25-15-9-10-19(29)18(14-15)28-23(22(27-24(28)31)17-8-4-5-13-26-17)20-11-12-21(30-20)32-16-6-2-1-3-7-16/h1-14,22-23,29H,(H,27,31)/t22-,23-/m0/s1. The maximum Gasteiger partial charge on any atom is 0.174 e. The van der Waals surface area contributed by atoms with Gasteiger partial charge in [0.25, 0.3) is 0 Å². The molecule has 2 aromatic heterocycles. The fraction of sp³-hybridized carbons (Fsp3) is 0.0833. The number of hydrogen-bond donors (Lipinski definition) is 2. The molecular weight excluding hydrogens is 462 g/mol. The lowest BCUT2D eigenvalue weighted by Crippen LogP contribution is -2.29. The van der Waals surface area contributed by atoms with E-state index in [0.29, 0.717) is 21.6 Å². The Hall–Kier alpha value is -3.00. The van der Waals surface area contributed by atoms with Gasteiger partial charge in [0.2, 0.25) is 0 Å². The lowest BCUT2D eigenvalue weighted by Gasteiger charge is -2.26. The first kappa shape index (κ1) is 20.9. The van der Waals surface area contributed by atoms with Gasteiger partial charge in [-0.05, 0) is 66.8 Å². The maximum atomic E-state index is 10.6. The second kappa shape index (κ2) is 8.86. The van der Waals surface area contributed by atoms with Crippen LogP contribution in [0.3, 0.4) is 0 Å². The molecule has 0 amide bonds. The lowest BCUT2D eigenvalue weighted by molar-refractivity contribution is 0.382. The Bertz CT molecular complexity index is 1250. The van der Waals surface area contributed by atoms with Crippen molar-refractivity contribution in [2.45, 2.75) is 22.1 Å². The monoisotopic (exact) mass is 479 g/mol. The van der Waals surface area contributed by atoms with Crippen LogP contribution in [-0.4, -0.2) is 15.2 Å². The minimum absolute atomic E-state index is 0.0793.